The van der Waals surface area contributed by atoms with Gasteiger partial charge in [0.15, 0.2) is 11.5 Å². The number of rotatable bonds is 8. The number of carbonyl (C=O) groups is 1. The van der Waals surface area contributed by atoms with Crippen molar-refractivity contribution in [3.8, 4) is 17.2 Å². The van der Waals surface area contributed by atoms with E-state index in [1.165, 1.54) is 0 Å². The van der Waals surface area contributed by atoms with Crippen molar-refractivity contribution >= 4 is 17.5 Å². The van der Waals surface area contributed by atoms with Gasteiger partial charge in [0.05, 0.1) is 37.4 Å². The van der Waals surface area contributed by atoms with E-state index in [0.717, 1.165) is 16.9 Å². The summed E-state index contributed by atoms with van der Waals surface area (Å²) in [5, 5.41) is 7.99. The van der Waals surface area contributed by atoms with Crippen LogP contribution in [0.3, 0.4) is 0 Å². The zero-order valence-electron chi connectivity index (χ0n) is 16.7. The number of nitrogens with zero attached hydrogens (tertiary/aromatic N) is 2. The molecule has 0 aliphatic carbocycles. The highest BCUT2D eigenvalue weighted by atomic mass is 35.5. The number of halogens is 1. The van der Waals surface area contributed by atoms with E-state index < -0.39 is 0 Å². The van der Waals surface area contributed by atoms with E-state index in [2.05, 4.69) is 10.4 Å². The third kappa shape index (κ3) is 4.71. The van der Waals surface area contributed by atoms with Gasteiger partial charge in [0.25, 0.3) is 5.91 Å². The molecule has 29 heavy (non-hydrogen) atoms. The van der Waals surface area contributed by atoms with Crippen LogP contribution < -0.4 is 14.8 Å². The molecule has 1 heterocycles. The van der Waals surface area contributed by atoms with Crippen LogP contribution in [0.2, 0.25) is 5.02 Å². The van der Waals surface area contributed by atoms with Gasteiger partial charge in [-0.05, 0) is 48.7 Å². The molecule has 2 aromatic carbocycles. The summed E-state index contributed by atoms with van der Waals surface area (Å²) in [5.41, 5.74) is 3.29. The summed E-state index contributed by atoms with van der Waals surface area (Å²) < 4.78 is 12.3. The smallest absolute Gasteiger partial charge is 0.254 e. The molecule has 0 aliphatic rings. The third-order valence-electron chi connectivity index (χ3n) is 4.65. The minimum atomic E-state index is -0.143. The molecule has 0 radical (unpaired) electrons. The maximum absolute atomic E-state index is 12.7. The van der Waals surface area contributed by atoms with Crippen molar-refractivity contribution in [1.82, 2.24) is 15.1 Å². The molecule has 1 aromatic heterocycles. The summed E-state index contributed by atoms with van der Waals surface area (Å²) in [6.07, 6.45) is 2.95. The summed E-state index contributed by atoms with van der Waals surface area (Å²) in [5.74, 6) is 1.21. The van der Waals surface area contributed by atoms with Gasteiger partial charge in [0, 0.05) is 11.6 Å². The van der Waals surface area contributed by atoms with Gasteiger partial charge < -0.3 is 14.8 Å². The number of carbonyl (C=O) groups excluding carboxylic acids is 1. The predicted octanol–water partition coefficient (Wildman–Crippen LogP) is 4.08. The first-order valence-corrected chi connectivity index (χ1v) is 9.77. The molecule has 0 saturated carbocycles. The second-order valence-electron chi connectivity index (χ2n) is 6.45. The monoisotopic (exact) mass is 413 g/mol. The maximum Gasteiger partial charge on any atom is 0.254 e. The lowest BCUT2D eigenvalue weighted by molar-refractivity contribution is 0.0953. The van der Waals surface area contributed by atoms with Gasteiger partial charge in [-0.2, -0.15) is 5.10 Å². The number of amides is 1. The molecule has 152 valence electrons. The number of benzene rings is 2. The van der Waals surface area contributed by atoms with Gasteiger partial charge in [-0.25, -0.2) is 4.68 Å². The van der Waals surface area contributed by atoms with Crippen LogP contribution >= 0.6 is 11.6 Å². The van der Waals surface area contributed by atoms with Crippen molar-refractivity contribution in [1.29, 1.82) is 0 Å². The van der Waals surface area contributed by atoms with Crippen molar-refractivity contribution in [2.75, 3.05) is 20.8 Å². The van der Waals surface area contributed by atoms with Crippen LogP contribution in [0.5, 0.6) is 11.5 Å². The van der Waals surface area contributed by atoms with Crippen LogP contribution in [0.1, 0.15) is 28.5 Å². The number of hydrogen-bond acceptors (Lipinski definition) is 4. The Kier molecular flexibility index (Phi) is 6.77. The van der Waals surface area contributed by atoms with E-state index >= 15 is 0 Å². The van der Waals surface area contributed by atoms with Crippen LogP contribution in [-0.2, 0) is 12.8 Å². The lowest BCUT2D eigenvalue weighted by Gasteiger charge is -2.11. The Morgan fingerprint density at radius 1 is 1.14 bits per heavy atom. The number of nitrogens with one attached hydrogen (secondary N) is 1. The standard InChI is InChI=1S/C22H24ClN3O3/c1-4-19-18(14-25-26(19)17-7-5-6-16(23)13-17)22(27)24-11-10-15-8-9-20(28-2)21(12-15)29-3/h5-9,12-14H,4,10-11H2,1-3H3,(H,24,27). The second-order valence-corrected chi connectivity index (χ2v) is 6.88. The van der Waals surface area contributed by atoms with Crippen LogP contribution in [0, 0.1) is 0 Å². The van der Waals surface area contributed by atoms with Crippen LogP contribution in [-0.4, -0.2) is 36.5 Å². The normalized spacial score (nSPS) is 10.6. The second kappa shape index (κ2) is 9.47. The molecule has 0 aliphatic heterocycles. The fourth-order valence-electron chi connectivity index (χ4n) is 3.19. The average molecular weight is 414 g/mol. The number of ether oxygens (including phenoxy) is 2. The van der Waals surface area contributed by atoms with E-state index in [4.69, 9.17) is 21.1 Å². The molecule has 7 heteroatoms. The molecule has 3 aromatic rings. The molecule has 0 unspecified atom stereocenters. The fourth-order valence-corrected chi connectivity index (χ4v) is 3.37. The molecular formula is C22H24ClN3O3. The number of hydrogen-bond donors (Lipinski definition) is 1. The van der Waals surface area contributed by atoms with E-state index in [1.54, 1.807) is 25.1 Å². The lowest BCUT2D eigenvalue weighted by atomic mass is 10.1. The third-order valence-corrected chi connectivity index (χ3v) is 4.88. The van der Waals surface area contributed by atoms with Gasteiger partial charge >= 0.3 is 0 Å². The quantitative estimate of drug-likeness (QED) is 0.604. The molecule has 0 spiro atoms. The minimum absolute atomic E-state index is 0.143. The molecule has 1 amide bonds. The van der Waals surface area contributed by atoms with E-state index in [1.807, 2.05) is 49.4 Å². The summed E-state index contributed by atoms with van der Waals surface area (Å²) >= 11 is 6.09. The topological polar surface area (TPSA) is 65.4 Å². The lowest BCUT2D eigenvalue weighted by Crippen LogP contribution is -2.26. The summed E-state index contributed by atoms with van der Waals surface area (Å²) in [6.45, 7) is 2.50. The summed E-state index contributed by atoms with van der Waals surface area (Å²) in [6, 6.07) is 13.1. The SMILES string of the molecule is CCc1c(C(=O)NCCc2ccc(OC)c(OC)c2)cnn1-c1cccc(Cl)c1. The predicted molar refractivity (Wildman–Crippen MR) is 114 cm³/mol. The first kappa shape index (κ1) is 20.7. The molecule has 0 fully saturated rings. The molecule has 3 rings (SSSR count). The van der Waals surface area contributed by atoms with Crippen LogP contribution in [0.4, 0.5) is 0 Å². The summed E-state index contributed by atoms with van der Waals surface area (Å²) in [7, 11) is 3.21. The zero-order chi connectivity index (χ0) is 20.8. The van der Waals surface area contributed by atoms with Crippen molar-refractivity contribution in [3.63, 3.8) is 0 Å². The Labute approximate surface area is 175 Å². The molecule has 6 nitrogen and oxygen atoms in total. The van der Waals surface area contributed by atoms with Crippen molar-refractivity contribution in [2.24, 2.45) is 0 Å². The van der Waals surface area contributed by atoms with Crippen molar-refractivity contribution < 1.29 is 14.3 Å². The number of methoxy groups -OCH3 is 2. The summed E-state index contributed by atoms with van der Waals surface area (Å²) in [4.78, 5) is 12.7. The van der Waals surface area contributed by atoms with Gasteiger partial charge in [-0.1, -0.05) is 30.7 Å². The number of aromatic nitrogens is 2. The van der Waals surface area contributed by atoms with Crippen molar-refractivity contribution in [2.45, 2.75) is 19.8 Å². The maximum atomic E-state index is 12.7. The van der Waals surface area contributed by atoms with E-state index in [9.17, 15) is 4.79 Å². The van der Waals surface area contributed by atoms with Gasteiger partial charge in [0.1, 0.15) is 0 Å². The Morgan fingerprint density at radius 2 is 1.93 bits per heavy atom. The molecule has 0 bridgehead atoms. The zero-order valence-corrected chi connectivity index (χ0v) is 17.5. The highest BCUT2D eigenvalue weighted by Crippen LogP contribution is 2.27. The highest BCUT2D eigenvalue weighted by Gasteiger charge is 2.17. The van der Waals surface area contributed by atoms with Gasteiger partial charge in [-0.15, -0.1) is 0 Å². The van der Waals surface area contributed by atoms with Gasteiger partial charge in [-0.3, -0.25) is 4.79 Å². The molecule has 0 atom stereocenters. The van der Waals surface area contributed by atoms with Crippen molar-refractivity contribution in [3.05, 3.63) is 70.5 Å². The Morgan fingerprint density at radius 3 is 2.62 bits per heavy atom. The largest absolute Gasteiger partial charge is 0.493 e. The van der Waals surface area contributed by atoms with E-state index in [-0.39, 0.29) is 5.91 Å². The Hall–Kier alpha value is -2.99. The Bertz CT molecular complexity index is 1000. The first-order valence-electron chi connectivity index (χ1n) is 9.39. The van der Waals surface area contributed by atoms with Gasteiger partial charge in [0.2, 0.25) is 0 Å². The minimum Gasteiger partial charge on any atom is -0.493 e. The molecule has 0 saturated heterocycles. The Balaban J connectivity index is 1.68. The van der Waals surface area contributed by atoms with E-state index in [0.29, 0.717) is 41.5 Å². The fraction of sp³-hybridized carbons (Fsp3) is 0.273. The highest BCUT2D eigenvalue weighted by molar-refractivity contribution is 6.30. The molecule has 1 N–H and O–H groups in total. The van der Waals surface area contributed by atoms with Crippen LogP contribution in [0.25, 0.3) is 5.69 Å². The average Bonchev–Trinajstić information content (AvgIpc) is 3.17. The first-order chi connectivity index (χ1) is 14.1. The molecular weight excluding hydrogens is 390 g/mol. The van der Waals surface area contributed by atoms with Crippen LogP contribution in [0.15, 0.2) is 48.7 Å².